The molecule has 10 heteroatoms. The number of fused-ring (bicyclic) bond motifs is 1. The number of aromatic nitrogens is 5. The molecule has 2 unspecified atom stereocenters. The zero-order chi connectivity index (χ0) is 20.5. The molecule has 0 spiro atoms. The van der Waals surface area contributed by atoms with Gasteiger partial charge < -0.3 is 16.8 Å². The molecule has 0 aromatic carbocycles. The normalized spacial score (nSPS) is 19.0. The van der Waals surface area contributed by atoms with Crippen molar-refractivity contribution in [3.8, 4) is 6.07 Å². The van der Waals surface area contributed by atoms with E-state index < -0.39 is 0 Å². The quantitative estimate of drug-likeness (QED) is 0.563. The van der Waals surface area contributed by atoms with Gasteiger partial charge in [0, 0.05) is 19.2 Å². The van der Waals surface area contributed by atoms with Gasteiger partial charge in [0.05, 0.1) is 17.4 Å². The number of hydrogen-bond acceptors (Lipinski definition) is 7. The van der Waals surface area contributed by atoms with Crippen molar-refractivity contribution in [1.29, 1.82) is 5.26 Å². The molecule has 1 saturated carbocycles. The Bertz CT molecular complexity index is 1080. The molecule has 1 fully saturated rings. The number of hydrogen-bond donors (Lipinski definition) is 3. The lowest BCUT2D eigenvalue weighted by Gasteiger charge is -2.18. The lowest BCUT2D eigenvalue weighted by Crippen LogP contribution is -2.22. The van der Waals surface area contributed by atoms with Gasteiger partial charge in [0.25, 0.3) is 0 Å². The third-order valence-electron chi connectivity index (χ3n) is 5.61. The first-order valence-electron chi connectivity index (χ1n) is 9.75. The van der Waals surface area contributed by atoms with E-state index in [-0.39, 0.29) is 11.4 Å². The first-order chi connectivity index (χ1) is 14.0. The summed E-state index contributed by atoms with van der Waals surface area (Å²) in [5.41, 5.74) is 14.3. The topological polar surface area (TPSA) is 136 Å². The highest BCUT2D eigenvalue weighted by Gasteiger charge is 2.28. The zero-order valence-corrected chi connectivity index (χ0v) is 17.0. The minimum Gasteiger partial charge on any atom is -0.382 e. The van der Waals surface area contributed by atoms with Gasteiger partial charge in [-0.05, 0) is 38.3 Å². The Kier molecular flexibility index (Phi) is 5.30. The highest BCUT2D eigenvalue weighted by molar-refractivity contribution is 6.34. The number of nitriles is 1. The van der Waals surface area contributed by atoms with Crippen LogP contribution in [0.3, 0.4) is 0 Å². The maximum atomic E-state index is 9.51. The molecule has 0 bridgehead atoms. The van der Waals surface area contributed by atoms with Crippen LogP contribution in [-0.4, -0.2) is 37.5 Å². The highest BCUT2D eigenvalue weighted by atomic mass is 35.5. The van der Waals surface area contributed by atoms with Crippen molar-refractivity contribution >= 4 is 28.9 Å². The van der Waals surface area contributed by atoms with Gasteiger partial charge in [-0.2, -0.15) is 20.0 Å². The van der Waals surface area contributed by atoms with E-state index in [4.69, 9.17) is 28.2 Å². The molecular formula is C19H24ClN9. The van der Waals surface area contributed by atoms with Crippen LogP contribution in [0.25, 0.3) is 5.65 Å². The van der Waals surface area contributed by atoms with Crippen LogP contribution < -0.4 is 16.8 Å². The van der Waals surface area contributed by atoms with Gasteiger partial charge in [0.2, 0.25) is 0 Å². The Hall–Kier alpha value is -2.83. The summed E-state index contributed by atoms with van der Waals surface area (Å²) in [6, 6.07) is 4.52. The molecule has 1 aliphatic carbocycles. The first kappa shape index (κ1) is 19.5. The van der Waals surface area contributed by atoms with Gasteiger partial charge in [-0.3, -0.25) is 4.68 Å². The van der Waals surface area contributed by atoms with Gasteiger partial charge in [-0.1, -0.05) is 18.0 Å². The summed E-state index contributed by atoms with van der Waals surface area (Å²) in [5, 5.41) is 22.1. The van der Waals surface area contributed by atoms with E-state index >= 15 is 0 Å². The van der Waals surface area contributed by atoms with E-state index in [1.165, 1.54) is 17.4 Å². The van der Waals surface area contributed by atoms with Crippen LogP contribution in [0.2, 0.25) is 5.02 Å². The second kappa shape index (κ2) is 7.89. The van der Waals surface area contributed by atoms with Crippen molar-refractivity contribution in [2.45, 2.75) is 38.6 Å². The molecular weight excluding hydrogens is 390 g/mol. The molecule has 2 atom stereocenters. The molecule has 9 nitrogen and oxygen atoms in total. The summed E-state index contributed by atoms with van der Waals surface area (Å²) >= 11 is 6.27. The molecule has 0 aliphatic heterocycles. The van der Waals surface area contributed by atoms with E-state index in [9.17, 15) is 5.26 Å². The zero-order valence-electron chi connectivity index (χ0n) is 16.3. The predicted octanol–water partition coefficient (Wildman–Crippen LogP) is 2.30. The van der Waals surface area contributed by atoms with Gasteiger partial charge in [-0.15, -0.1) is 0 Å². The summed E-state index contributed by atoms with van der Waals surface area (Å²) in [7, 11) is 0. The third kappa shape index (κ3) is 3.50. The fraction of sp³-hybridized carbons (Fsp3) is 0.474. The summed E-state index contributed by atoms with van der Waals surface area (Å²) < 4.78 is 3.45. The standard InChI is InChI=1S/C19H24ClN9/c1-11-16(20)19-25-18(14(10-22)17(23)29(19)26-11)24-7-5-13-6-8-28(27-13)15-4-2-3-12(15)9-21/h6,8,12,15H,2-5,7,9,21,23H2,1H3,(H,24,25). The molecule has 0 saturated heterocycles. The van der Waals surface area contributed by atoms with Crippen LogP contribution in [0, 0.1) is 24.2 Å². The number of nitrogens with zero attached hydrogens (tertiary/aromatic N) is 6. The molecule has 5 N–H and O–H groups in total. The lowest BCUT2D eigenvalue weighted by atomic mass is 10.0. The SMILES string of the molecule is Cc1nn2c(N)c(C#N)c(NCCc3ccn(C4CCCC4CN)n3)nc2c1Cl. The molecule has 0 amide bonds. The molecule has 3 aromatic heterocycles. The van der Waals surface area contributed by atoms with Crippen molar-refractivity contribution in [3.05, 3.63) is 34.2 Å². The average Bonchev–Trinajstić information content (AvgIpc) is 3.43. The van der Waals surface area contributed by atoms with Crippen molar-refractivity contribution in [3.63, 3.8) is 0 Å². The van der Waals surface area contributed by atoms with Crippen molar-refractivity contribution < 1.29 is 0 Å². The maximum absolute atomic E-state index is 9.51. The minimum absolute atomic E-state index is 0.216. The number of halogens is 1. The van der Waals surface area contributed by atoms with E-state index in [0.717, 1.165) is 12.1 Å². The maximum Gasteiger partial charge on any atom is 0.178 e. The second-order valence-electron chi connectivity index (χ2n) is 7.43. The number of aryl methyl sites for hydroxylation is 1. The molecule has 1 aliphatic rings. The molecule has 29 heavy (non-hydrogen) atoms. The van der Waals surface area contributed by atoms with Crippen LogP contribution in [-0.2, 0) is 6.42 Å². The molecule has 152 valence electrons. The molecule has 0 radical (unpaired) electrons. The van der Waals surface area contributed by atoms with E-state index in [0.29, 0.717) is 53.7 Å². The van der Waals surface area contributed by atoms with Gasteiger partial charge >= 0.3 is 0 Å². The van der Waals surface area contributed by atoms with Gasteiger partial charge in [0.1, 0.15) is 28.3 Å². The smallest absolute Gasteiger partial charge is 0.178 e. The fourth-order valence-electron chi connectivity index (χ4n) is 4.03. The number of rotatable bonds is 6. The van der Waals surface area contributed by atoms with Gasteiger partial charge in [0.15, 0.2) is 5.65 Å². The Morgan fingerprint density at radius 1 is 1.38 bits per heavy atom. The summed E-state index contributed by atoms with van der Waals surface area (Å²) in [4.78, 5) is 4.46. The first-order valence-corrected chi connectivity index (χ1v) is 10.1. The van der Waals surface area contributed by atoms with E-state index in [1.807, 2.05) is 12.3 Å². The Labute approximate surface area is 173 Å². The van der Waals surface area contributed by atoms with E-state index in [2.05, 4.69) is 26.2 Å². The number of nitrogens with one attached hydrogen (secondary N) is 1. The van der Waals surface area contributed by atoms with Crippen LogP contribution in [0.4, 0.5) is 11.6 Å². The van der Waals surface area contributed by atoms with Crippen molar-refractivity contribution in [2.24, 2.45) is 11.7 Å². The predicted molar refractivity (Wildman–Crippen MR) is 112 cm³/mol. The second-order valence-corrected chi connectivity index (χ2v) is 7.80. The Morgan fingerprint density at radius 3 is 2.97 bits per heavy atom. The summed E-state index contributed by atoms with van der Waals surface area (Å²) in [5.74, 6) is 1.12. The minimum atomic E-state index is 0.216. The number of nitrogens with two attached hydrogens (primary N) is 2. The van der Waals surface area contributed by atoms with Crippen molar-refractivity contribution in [2.75, 3.05) is 24.1 Å². The molecule has 3 aromatic rings. The Morgan fingerprint density at radius 2 is 2.21 bits per heavy atom. The van der Waals surface area contributed by atoms with E-state index in [1.54, 1.807) is 6.92 Å². The number of nitrogen functional groups attached to an aromatic ring is 1. The summed E-state index contributed by atoms with van der Waals surface area (Å²) in [6.07, 6.45) is 6.22. The highest BCUT2D eigenvalue weighted by Crippen LogP contribution is 2.34. The van der Waals surface area contributed by atoms with Gasteiger partial charge in [-0.25, -0.2) is 4.98 Å². The molecule has 4 rings (SSSR count). The number of anilines is 2. The monoisotopic (exact) mass is 413 g/mol. The van der Waals surface area contributed by atoms with Crippen LogP contribution in [0.5, 0.6) is 0 Å². The lowest BCUT2D eigenvalue weighted by molar-refractivity contribution is 0.356. The van der Waals surface area contributed by atoms with Crippen LogP contribution >= 0.6 is 11.6 Å². The average molecular weight is 414 g/mol. The van der Waals surface area contributed by atoms with Crippen molar-refractivity contribution in [1.82, 2.24) is 24.4 Å². The van der Waals surface area contributed by atoms with Crippen LogP contribution in [0.1, 0.15) is 42.3 Å². The van der Waals surface area contributed by atoms with Crippen LogP contribution in [0.15, 0.2) is 12.3 Å². The Balaban J connectivity index is 1.48. The fourth-order valence-corrected chi connectivity index (χ4v) is 4.19. The third-order valence-corrected chi connectivity index (χ3v) is 6.06. The summed E-state index contributed by atoms with van der Waals surface area (Å²) in [6.45, 7) is 3.03. The largest absolute Gasteiger partial charge is 0.382 e. The molecule has 3 heterocycles.